The van der Waals surface area contributed by atoms with Crippen LogP contribution in [0, 0.1) is 0 Å². The van der Waals surface area contributed by atoms with Gasteiger partial charge < -0.3 is 15.0 Å². The highest BCUT2D eigenvalue weighted by molar-refractivity contribution is 6.21. The standard InChI is InChI=1S/C31H27N7O4/c1-32-29(39)19-12-22(14-23(13-19)42-3)37(10-11-38-30(40)24-6-4-5-7-25(24)31(38)41)21-8-9-26-27(15-21)35-28(17-33-26)20-16-34-36(2)18-20/h4-9,12-18H,10-11H2,1-3H3,(H,32,39). The Kier molecular flexibility index (Phi) is 6.83. The molecular weight excluding hydrogens is 534 g/mol. The van der Waals surface area contributed by atoms with Crippen LogP contribution in [-0.2, 0) is 7.05 Å². The number of carbonyl (C=O) groups is 3. The molecule has 0 bridgehead atoms. The molecule has 11 heteroatoms. The number of imide groups is 1. The first kappa shape index (κ1) is 26.6. The number of carbonyl (C=O) groups excluding carboxylic acids is 3. The van der Waals surface area contributed by atoms with Gasteiger partial charge in [0.1, 0.15) is 5.75 Å². The third kappa shape index (κ3) is 4.81. The van der Waals surface area contributed by atoms with E-state index in [4.69, 9.17) is 9.72 Å². The molecule has 0 saturated carbocycles. The lowest BCUT2D eigenvalue weighted by atomic mass is 10.1. The topological polar surface area (TPSA) is 123 Å². The first-order valence-electron chi connectivity index (χ1n) is 13.3. The van der Waals surface area contributed by atoms with E-state index in [2.05, 4.69) is 15.4 Å². The highest BCUT2D eigenvalue weighted by Crippen LogP contribution is 2.33. The van der Waals surface area contributed by atoms with Crippen molar-refractivity contribution < 1.29 is 19.1 Å². The van der Waals surface area contributed by atoms with E-state index >= 15 is 0 Å². The van der Waals surface area contributed by atoms with Gasteiger partial charge >= 0.3 is 0 Å². The van der Waals surface area contributed by atoms with E-state index in [1.807, 2.05) is 36.3 Å². The van der Waals surface area contributed by atoms with Gasteiger partial charge in [0, 0.05) is 61.9 Å². The molecule has 0 saturated heterocycles. The highest BCUT2D eigenvalue weighted by atomic mass is 16.5. The number of hydrogen-bond acceptors (Lipinski definition) is 8. The predicted octanol–water partition coefficient (Wildman–Crippen LogP) is 3.83. The van der Waals surface area contributed by atoms with E-state index in [1.54, 1.807) is 66.6 Å². The highest BCUT2D eigenvalue weighted by Gasteiger charge is 2.35. The van der Waals surface area contributed by atoms with Gasteiger partial charge in [0.15, 0.2) is 0 Å². The average molecular weight is 562 g/mol. The number of methoxy groups -OCH3 is 1. The Morgan fingerprint density at radius 2 is 1.71 bits per heavy atom. The van der Waals surface area contributed by atoms with Crippen molar-refractivity contribution in [3.05, 3.63) is 95.9 Å². The quantitative estimate of drug-likeness (QED) is 0.284. The Morgan fingerprint density at radius 1 is 0.952 bits per heavy atom. The molecule has 2 aromatic heterocycles. The number of amides is 3. The SMILES string of the molecule is CNC(=O)c1cc(OC)cc(N(CCN2C(=O)c3ccccc3C2=O)c2ccc3ncc(-c4cnn(C)c4)nc3c2)c1. The molecule has 6 rings (SSSR count). The summed E-state index contributed by atoms with van der Waals surface area (Å²) in [5.74, 6) is -0.465. The molecule has 3 amide bonds. The minimum atomic E-state index is -0.335. The Bertz CT molecular complexity index is 1830. The van der Waals surface area contributed by atoms with Crippen LogP contribution >= 0.6 is 0 Å². The number of fused-ring (bicyclic) bond motifs is 2. The Hall–Kier alpha value is -5.58. The summed E-state index contributed by atoms with van der Waals surface area (Å²) in [6.07, 6.45) is 5.30. The van der Waals surface area contributed by atoms with Gasteiger partial charge in [-0.3, -0.25) is 28.9 Å². The second kappa shape index (κ2) is 10.8. The molecule has 1 N–H and O–H groups in total. The molecule has 3 aromatic carbocycles. The third-order valence-corrected chi connectivity index (χ3v) is 7.19. The summed E-state index contributed by atoms with van der Waals surface area (Å²) in [7, 11) is 4.92. The van der Waals surface area contributed by atoms with Crippen LogP contribution in [0.15, 0.2) is 79.3 Å². The first-order valence-corrected chi connectivity index (χ1v) is 13.3. The summed E-state index contributed by atoms with van der Waals surface area (Å²) in [6, 6.07) is 17.6. The molecule has 0 fully saturated rings. The van der Waals surface area contributed by atoms with Crippen molar-refractivity contribution in [2.45, 2.75) is 0 Å². The van der Waals surface area contributed by atoms with E-state index in [9.17, 15) is 14.4 Å². The fourth-order valence-corrected chi connectivity index (χ4v) is 5.04. The maximum Gasteiger partial charge on any atom is 0.261 e. The second-order valence-electron chi connectivity index (χ2n) is 9.79. The molecule has 0 unspecified atom stereocenters. The maximum atomic E-state index is 13.1. The predicted molar refractivity (Wildman–Crippen MR) is 157 cm³/mol. The molecule has 0 atom stereocenters. The number of aromatic nitrogens is 4. The van der Waals surface area contributed by atoms with Crippen molar-refractivity contribution in [2.24, 2.45) is 7.05 Å². The van der Waals surface area contributed by atoms with Gasteiger partial charge in [-0.1, -0.05) is 12.1 Å². The average Bonchev–Trinajstić information content (AvgIpc) is 3.56. The molecule has 1 aliphatic heterocycles. The first-order chi connectivity index (χ1) is 20.4. The Morgan fingerprint density at radius 3 is 2.38 bits per heavy atom. The summed E-state index contributed by atoms with van der Waals surface area (Å²) in [4.78, 5) is 51.4. The zero-order valence-corrected chi connectivity index (χ0v) is 23.2. The molecule has 210 valence electrons. The van der Waals surface area contributed by atoms with Gasteiger partial charge in [-0.05, 0) is 42.5 Å². The number of anilines is 2. The maximum absolute atomic E-state index is 13.1. The van der Waals surface area contributed by atoms with Crippen molar-refractivity contribution in [1.29, 1.82) is 0 Å². The number of nitrogens with one attached hydrogen (secondary N) is 1. The summed E-state index contributed by atoms with van der Waals surface area (Å²) in [6.45, 7) is 0.353. The van der Waals surface area contributed by atoms with Gasteiger partial charge in [-0.15, -0.1) is 0 Å². The minimum Gasteiger partial charge on any atom is -0.497 e. The Labute approximate surface area is 241 Å². The van der Waals surface area contributed by atoms with Crippen LogP contribution in [0.1, 0.15) is 31.1 Å². The molecule has 0 radical (unpaired) electrons. The number of hydrogen-bond donors (Lipinski definition) is 1. The van der Waals surface area contributed by atoms with Crippen molar-refractivity contribution in [1.82, 2.24) is 30.0 Å². The number of ether oxygens (including phenoxy) is 1. The van der Waals surface area contributed by atoms with Gasteiger partial charge in [0.2, 0.25) is 0 Å². The zero-order chi connectivity index (χ0) is 29.4. The Balaban J connectivity index is 1.41. The van der Waals surface area contributed by atoms with Crippen LogP contribution in [0.4, 0.5) is 11.4 Å². The van der Waals surface area contributed by atoms with Gasteiger partial charge in [0.25, 0.3) is 17.7 Å². The van der Waals surface area contributed by atoms with Crippen molar-refractivity contribution in [3.63, 3.8) is 0 Å². The van der Waals surface area contributed by atoms with Gasteiger partial charge in [-0.2, -0.15) is 5.10 Å². The van der Waals surface area contributed by atoms with Crippen LogP contribution in [0.3, 0.4) is 0 Å². The molecule has 11 nitrogen and oxygen atoms in total. The second-order valence-corrected chi connectivity index (χ2v) is 9.79. The lowest BCUT2D eigenvalue weighted by Gasteiger charge is -2.28. The lowest BCUT2D eigenvalue weighted by Crippen LogP contribution is -2.37. The van der Waals surface area contributed by atoms with Crippen molar-refractivity contribution >= 4 is 40.1 Å². The van der Waals surface area contributed by atoms with E-state index in [0.29, 0.717) is 44.9 Å². The molecular formula is C31H27N7O4. The molecule has 0 spiro atoms. The van der Waals surface area contributed by atoms with Crippen LogP contribution in [0.2, 0.25) is 0 Å². The molecule has 3 heterocycles. The summed E-state index contributed by atoms with van der Waals surface area (Å²) >= 11 is 0. The fraction of sp³-hybridized carbons (Fsp3) is 0.161. The fourth-order valence-electron chi connectivity index (χ4n) is 5.04. The molecule has 1 aliphatic rings. The van der Waals surface area contributed by atoms with Gasteiger partial charge in [0.05, 0.1) is 47.4 Å². The monoisotopic (exact) mass is 561 g/mol. The van der Waals surface area contributed by atoms with Crippen molar-refractivity contribution in [2.75, 3.05) is 32.1 Å². The smallest absolute Gasteiger partial charge is 0.261 e. The molecule has 0 aliphatic carbocycles. The molecule has 5 aromatic rings. The summed E-state index contributed by atoms with van der Waals surface area (Å²) in [5, 5.41) is 6.88. The zero-order valence-electron chi connectivity index (χ0n) is 23.2. The normalized spacial score (nSPS) is 12.5. The largest absolute Gasteiger partial charge is 0.497 e. The van der Waals surface area contributed by atoms with Crippen molar-refractivity contribution in [3.8, 4) is 17.0 Å². The van der Waals surface area contributed by atoms with Crippen LogP contribution in [0.25, 0.3) is 22.3 Å². The number of rotatable bonds is 8. The summed E-state index contributed by atoms with van der Waals surface area (Å²) in [5.41, 5.74) is 5.40. The van der Waals surface area contributed by atoms with Crippen LogP contribution in [-0.4, -0.2) is 69.6 Å². The van der Waals surface area contributed by atoms with E-state index in [0.717, 1.165) is 11.3 Å². The van der Waals surface area contributed by atoms with Crippen LogP contribution in [0.5, 0.6) is 5.75 Å². The molecule has 42 heavy (non-hydrogen) atoms. The number of benzene rings is 3. The van der Waals surface area contributed by atoms with E-state index in [1.165, 1.54) is 12.0 Å². The van der Waals surface area contributed by atoms with Gasteiger partial charge in [-0.25, -0.2) is 4.98 Å². The van der Waals surface area contributed by atoms with E-state index in [-0.39, 0.29) is 30.8 Å². The lowest BCUT2D eigenvalue weighted by molar-refractivity contribution is 0.0658. The summed E-state index contributed by atoms with van der Waals surface area (Å²) < 4.78 is 7.21. The van der Waals surface area contributed by atoms with Crippen LogP contribution < -0.4 is 15.0 Å². The number of aryl methyl sites for hydroxylation is 1. The number of nitrogens with zero attached hydrogens (tertiary/aromatic N) is 6. The minimum absolute atomic E-state index is 0.109. The third-order valence-electron chi connectivity index (χ3n) is 7.19. The van der Waals surface area contributed by atoms with E-state index < -0.39 is 0 Å².